The zero-order chi connectivity index (χ0) is 12.1. The Morgan fingerprint density at radius 3 is 3.18 bits per heavy atom. The van der Waals surface area contributed by atoms with Gasteiger partial charge in [-0.1, -0.05) is 5.16 Å². The van der Waals surface area contributed by atoms with E-state index in [1.165, 1.54) is 0 Å². The summed E-state index contributed by atoms with van der Waals surface area (Å²) in [6.07, 6.45) is 2.04. The third-order valence-electron chi connectivity index (χ3n) is 2.58. The van der Waals surface area contributed by atoms with Crippen LogP contribution in [0.25, 0.3) is 0 Å². The molecule has 1 unspecified atom stereocenters. The Morgan fingerprint density at radius 2 is 2.47 bits per heavy atom. The van der Waals surface area contributed by atoms with E-state index < -0.39 is 5.91 Å². The molecule has 1 saturated heterocycles. The molecule has 2 rings (SSSR count). The first kappa shape index (κ1) is 12.0. The molecule has 94 valence electrons. The van der Waals surface area contributed by atoms with Gasteiger partial charge in [-0.3, -0.25) is 10.1 Å². The number of primary amides is 1. The van der Waals surface area contributed by atoms with E-state index in [1.807, 2.05) is 0 Å². The van der Waals surface area contributed by atoms with Crippen molar-refractivity contribution in [3.05, 3.63) is 11.7 Å². The Bertz CT molecular complexity index is 373. The van der Waals surface area contributed by atoms with Gasteiger partial charge in [0.15, 0.2) is 5.82 Å². The summed E-state index contributed by atoms with van der Waals surface area (Å²) in [4.78, 5) is 14.8. The van der Waals surface area contributed by atoms with E-state index in [-0.39, 0.29) is 12.5 Å². The van der Waals surface area contributed by atoms with Crippen molar-refractivity contribution in [2.75, 3.05) is 19.8 Å². The van der Waals surface area contributed by atoms with Gasteiger partial charge in [0, 0.05) is 12.5 Å². The van der Waals surface area contributed by atoms with E-state index in [0.717, 1.165) is 19.4 Å². The van der Waals surface area contributed by atoms with Crippen LogP contribution < -0.4 is 11.1 Å². The van der Waals surface area contributed by atoms with Gasteiger partial charge in [0.1, 0.15) is 0 Å². The van der Waals surface area contributed by atoms with Crippen molar-refractivity contribution in [2.45, 2.75) is 25.3 Å². The van der Waals surface area contributed by atoms with Crippen molar-refractivity contribution < 1.29 is 14.1 Å². The first-order chi connectivity index (χ1) is 8.25. The molecule has 1 aromatic rings. The average Bonchev–Trinajstić information content (AvgIpc) is 2.78. The van der Waals surface area contributed by atoms with Crippen molar-refractivity contribution >= 4 is 5.91 Å². The highest BCUT2D eigenvalue weighted by Crippen LogP contribution is 2.22. The molecule has 0 radical (unpaired) electrons. The molecule has 0 saturated carbocycles. The minimum absolute atomic E-state index is 0.101. The number of carbonyl (C=O) groups is 1. The van der Waals surface area contributed by atoms with E-state index in [4.69, 9.17) is 15.0 Å². The van der Waals surface area contributed by atoms with Crippen LogP contribution in [-0.4, -0.2) is 35.8 Å². The monoisotopic (exact) mass is 240 g/mol. The van der Waals surface area contributed by atoms with Gasteiger partial charge in [0.2, 0.25) is 11.8 Å². The number of aromatic nitrogens is 2. The number of nitrogens with zero attached hydrogens (tertiary/aromatic N) is 2. The van der Waals surface area contributed by atoms with Gasteiger partial charge in [-0.15, -0.1) is 0 Å². The molecule has 1 aliphatic heterocycles. The standard InChI is InChI=1S/C10H16N4O3/c11-8(15)4-12-5-9-13-10(14-17-9)7-2-1-3-16-6-7/h7,12H,1-6H2,(H2,11,15). The molecule has 0 bridgehead atoms. The van der Waals surface area contributed by atoms with Gasteiger partial charge in [-0.25, -0.2) is 0 Å². The Morgan fingerprint density at radius 1 is 1.59 bits per heavy atom. The van der Waals surface area contributed by atoms with Crippen LogP contribution in [-0.2, 0) is 16.1 Å². The number of ether oxygens (including phenoxy) is 1. The smallest absolute Gasteiger partial charge is 0.240 e. The van der Waals surface area contributed by atoms with Crippen LogP contribution in [0.15, 0.2) is 4.52 Å². The Hall–Kier alpha value is -1.47. The van der Waals surface area contributed by atoms with Crippen LogP contribution in [0.2, 0.25) is 0 Å². The SMILES string of the molecule is NC(=O)CNCc1nc(C2CCCOC2)no1. The summed E-state index contributed by atoms with van der Waals surface area (Å²) in [7, 11) is 0. The second-order valence-electron chi connectivity index (χ2n) is 4.03. The van der Waals surface area contributed by atoms with Gasteiger partial charge in [0.05, 0.1) is 19.7 Å². The molecule has 0 aliphatic carbocycles. The zero-order valence-corrected chi connectivity index (χ0v) is 9.52. The summed E-state index contributed by atoms with van der Waals surface area (Å²) in [6, 6.07) is 0. The maximum atomic E-state index is 10.5. The minimum atomic E-state index is -0.412. The summed E-state index contributed by atoms with van der Waals surface area (Å²) in [5.74, 6) is 0.954. The molecule has 1 aliphatic rings. The highest BCUT2D eigenvalue weighted by molar-refractivity contribution is 5.75. The van der Waals surface area contributed by atoms with Crippen LogP contribution in [0.3, 0.4) is 0 Å². The third-order valence-corrected chi connectivity index (χ3v) is 2.58. The molecule has 3 N–H and O–H groups in total. The van der Waals surface area contributed by atoms with E-state index in [9.17, 15) is 4.79 Å². The van der Waals surface area contributed by atoms with Crippen molar-refractivity contribution in [2.24, 2.45) is 5.73 Å². The number of nitrogens with one attached hydrogen (secondary N) is 1. The molecule has 1 amide bonds. The summed E-state index contributed by atoms with van der Waals surface area (Å²) in [6.45, 7) is 1.91. The topological polar surface area (TPSA) is 103 Å². The quantitative estimate of drug-likeness (QED) is 0.721. The number of rotatable bonds is 5. The molecule has 17 heavy (non-hydrogen) atoms. The summed E-state index contributed by atoms with van der Waals surface area (Å²) < 4.78 is 10.4. The van der Waals surface area contributed by atoms with Crippen LogP contribution >= 0.6 is 0 Å². The maximum absolute atomic E-state index is 10.5. The molecule has 2 heterocycles. The molecule has 7 heteroatoms. The Balaban J connectivity index is 1.84. The van der Waals surface area contributed by atoms with Gasteiger partial charge in [0.25, 0.3) is 0 Å². The lowest BCUT2D eigenvalue weighted by Crippen LogP contribution is -2.28. The van der Waals surface area contributed by atoms with Gasteiger partial charge >= 0.3 is 0 Å². The fourth-order valence-corrected chi connectivity index (χ4v) is 1.74. The average molecular weight is 240 g/mol. The lowest BCUT2D eigenvalue weighted by molar-refractivity contribution is -0.117. The van der Waals surface area contributed by atoms with Gasteiger partial charge in [-0.05, 0) is 12.8 Å². The zero-order valence-electron chi connectivity index (χ0n) is 9.52. The second kappa shape index (κ2) is 5.74. The highest BCUT2D eigenvalue weighted by atomic mass is 16.5. The Kier molecular flexibility index (Phi) is 4.05. The molecular weight excluding hydrogens is 224 g/mol. The van der Waals surface area contributed by atoms with E-state index in [1.54, 1.807) is 0 Å². The fourth-order valence-electron chi connectivity index (χ4n) is 1.74. The lowest BCUT2D eigenvalue weighted by atomic mass is 10.0. The predicted octanol–water partition coefficient (Wildman–Crippen LogP) is -0.461. The number of carbonyl (C=O) groups excluding carboxylic acids is 1. The second-order valence-corrected chi connectivity index (χ2v) is 4.03. The predicted molar refractivity (Wildman–Crippen MR) is 58.0 cm³/mol. The molecular formula is C10H16N4O3. The van der Waals surface area contributed by atoms with E-state index in [0.29, 0.717) is 24.9 Å². The van der Waals surface area contributed by atoms with Crippen molar-refractivity contribution in [1.82, 2.24) is 15.5 Å². The molecule has 1 atom stereocenters. The number of nitrogens with two attached hydrogens (primary N) is 1. The van der Waals surface area contributed by atoms with E-state index in [2.05, 4.69) is 15.5 Å². The maximum Gasteiger partial charge on any atom is 0.240 e. The van der Waals surface area contributed by atoms with Crippen LogP contribution in [0.4, 0.5) is 0 Å². The van der Waals surface area contributed by atoms with Crippen molar-refractivity contribution in [3.63, 3.8) is 0 Å². The van der Waals surface area contributed by atoms with Crippen LogP contribution in [0.1, 0.15) is 30.5 Å². The minimum Gasteiger partial charge on any atom is -0.381 e. The van der Waals surface area contributed by atoms with Crippen LogP contribution in [0, 0.1) is 0 Å². The molecule has 0 aromatic carbocycles. The van der Waals surface area contributed by atoms with Crippen molar-refractivity contribution in [3.8, 4) is 0 Å². The summed E-state index contributed by atoms with van der Waals surface area (Å²) >= 11 is 0. The molecule has 7 nitrogen and oxygen atoms in total. The lowest BCUT2D eigenvalue weighted by Gasteiger charge is -2.18. The van der Waals surface area contributed by atoms with Crippen LogP contribution in [0.5, 0.6) is 0 Å². The first-order valence-corrected chi connectivity index (χ1v) is 5.65. The highest BCUT2D eigenvalue weighted by Gasteiger charge is 2.21. The Labute approximate surface area is 98.7 Å². The fraction of sp³-hybridized carbons (Fsp3) is 0.700. The summed E-state index contributed by atoms with van der Waals surface area (Å²) in [5.41, 5.74) is 4.99. The molecule has 1 fully saturated rings. The molecule has 0 spiro atoms. The number of amides is 1. The first-order valence-electron chi connectivity index (χ1n) is 5.65. The third kappa shape index (κ3) is 3.50. The summed E-state index contributed by atoms with van der Waals surface area (Å²) in [5, 5.41) is 6.73. The number of hydrogen-bond acceptors (Lipinski definition) is 6. The molecule has 1 aromatic heterocycles. The normalized spacial score (nSPS) is 20.4. The largest absolute Gasteiger partial charge is 0.381 e. The van der Waals surface area contributed by atoms with Crippen molar-refractivity contribution in [1.29, 1.82) is 0 Å². The van der Waals surface area contributed by atoms with Gasteiger partial charge < -0.3 is 15.0 Å². The van der Waals surface area contributed by atoms with Gasteiger partial charge in [-0.2, -0.15) is 4.98 Å². The number of hydrogen-bond donors (Lipinski definition) is 2. The van der Waals surface area contributed by atoms with E-state index >= 15 is 0 Å².